The second kappa shape index (κ2) is 11.6. The lowest BCUT2D eigenvalue weighted by atomic mass is 9.84. The molecule has 1 aliphatic carbocycles. The highest BCUT2D eigenvalue weighted by Crippen LogP contribution is 2.45. The summed E-state index contributed by atoms with van der Waals surface area (Å²) in [4.78, 5) is 17.3. The Bertz CT molecular complexity index is 2990. The van der Waals surface area contributed by atoms with Crippen LogP contribution in [0.3, 0.4) is 0 Å². The minimum absolute atomic E-state index is 0.275. The van der Waals surface area contributed by atoms with Crippen molar-refractivity contribution in [2.45, 2.75) is 0 Å². The first kappa shape index (κ1) is 29.1. The highest BCUT2D eigenvalue weighted by atomic mass is 16.1. The van der Waals surface area contributed by atoms with E-state index in [0.717, 1.165) is 22.5 Å². The van der Waals surface area contributed by atoms with Gasteiger partial charge in [0.1, 0.15) is 0 Å². The molecule has 0 atom stereocenters. The van der Waals surface area contributed by atoms with Gasteiger partial charge in [0.15, 0.2) is 0 Å². The van der Waals surface area contributed by atoms with E-state index < -0.39 is 0 Å². The molecule has 10 rings (SSSR count). The highest BCUT2D eigenvalue weighted by molar-refractivity contribution is 6.22. The van der Waals surface area contributed by atoms with Crippen LogP contribution in [0.1, 0.15) is 0 Å². The molecule has 238 valence electrons. The molecule has 0 saturated heterocycles. The minimum atomic E-state index is -0.275. The number of benzene rings is 8. The monoisotopic (exact) mass is 650 g/mol. The van der Waals surface area contributed by atoms with E-state index in [4.69, 9.17) is 0 Å². The number of aromatic nitrogens is 2. The van der Waals surface area contributed by atoms with Crippen LogP contribution in [-0.2, 0) is 0 Å². The van der Waals surface area contributed by atoms with Crippen molar-refractivity contribution in [2.75, 3.05) is 0 Å². The first-order valence-corrected chi connectivity index (χ1v) is 17.3. The van der Waals surface area contributed by atoms with Crippen molar-refractivity contribution >= 4 is 43.1 Å². The van der Waals surface area contributed by atoms with Crippen LogP contribution in [0.2, 0.25) is 0 Å². The van der Waals surface area contributed by atoms with Crippen molar-refractivity contribution in [1.82, 2.24) is 9.55 Å². The second-order valence-electron chi connectivity index (χ2n) is 13.1. The quantitative estimate of drug-likeness (QED) is 0.178. The molecule has 0 spiro atoms. The maximum absolute atomic E-state index is 13.0. The van der Waals surface area contributed by atoms with Crippen LogP contribution in [0, 0.1) is 0 Å². The Morgan fingerprint density at radius 2 is 0.882 bits per heavy atom. The average molecular weight is 651 g/mol. The third-order valence-electron chi connectivity index (χ3n) is 10.2. The fourth-order valence-electron chi connectivity index (χ4n) is 7.79. The van der Waals surface area contributed by atoms with E-state index >= 15 is 0 Å². The third kappa shape index (κ3) is 4.82. The van der Waals surface area contributed by atoms with Gasteiger partial charge < -0.3 is 0 Å². The molecule has 1 aliphatic heterocycles. The van der Waals surface area contributed by atoms with E-state index in [1.54, 1.807) is 4.57 Å². The van der Waals surface area contributed by atoms with Crippen LogP contribution in [0.25, 0.3) is 93.5 Å². The van der Waals surface area contributed by atoms with Gasteiger partial charge in [-0.3, -0.25) is 4.57 Å². The summed E-state index contributed by atoms with van der Waals surface area (Å²) in [5.41, 5.74) is 9.03. The number of hydrogen-bond donors (Lipinski definition) is 0. The molecular formula is C48H30N2O. The van der Waals surface area contributed by atoms with Gasteiger partial charge in [-0.25, -0.2) is 4.79 Å². The fraction of sp³-hybridized carbons (Fsp3) is 0. The van der Waals surface area contributed by atoms with Crippen LogP contribution >= 0.6 is 0 Å². The van der Waals surface area contributed by atoms with Crippen LogP contribution in [0.15, 0.2) is 187 Å². The van der Waals surface area contributed by atoms with E-state index in [1.807, 2.05) is 42.5 Å². The predicted molar refractivity (Wildman–Crippen MR) is 213 cm³/mol. The number of rotatable bonds is 4. The van der Waals surface area contributed by atoms with Crippen LogP contribution < -0.4 is 5.69 Å². The van der Waals surface area contributed by atoms with Crippen molar-refractivity contribution in [3.63, 3.8) is 0 Å². The van der Waals surface area contributed by atoms with Gasteiger partial charge in [-0.2, -0.15) is 4.98 Å². The lowest BCUT2D eigenvalue weighted by molar-refractivity contribution is 1.00. The minimum Gasteiger partial charge on any atom is -0.259 e. The van der Waals surface area contributed by atoms with Crippen molar-refractivity contribution in [2.24, 2.45) is 0 Å². The van der Waals surface area contributed by atoms with Gasteiger partial charge in [0, 0.05) is 0 Å². The summed E-state index contributed by atoms with van der Waals surface area (Å²) in [6.45, 7) is 0. The lowest BCUT2D eigenvalue weighted by Crippen LogP contribution is -2.14. The molecule has 0 bridgehead atoms. The molecule has 8 aromatic carbocycles. The first-order chi connectivity index (χ1) is 25.2. The molecule has 3 heteroatoms. The predicted octanol–water partition coefficient (Wildman–Crippen LogP) is 12.0. The van der Waals surface area contributed by atoms with Crippen molar-refractivity contribution in [3.8, 4) is 50.5 Å². The van der Waals surface area contributed by atoms with Gasteiger partial charge in [0.25, 0.3) is 0 Å². The molecule has 0 aromatic heterocycles. The zero-order valence-corrected chi connectivity index (χ0v) is 27.6. The molecule has 8 aromatic rings. The molecule has 0 N–H and O–H groups in total. The molecule has 51 heavy (non-hydrogen) atoms. The van der Waals surface area contributed by atoms with Gasteiger partial charge in [0.2, 0.25) is 0 Å². The molecule has 0 unspecified atom stereocenters. The van der Waals surface area contributed by atoms with Gasteiger partial charge in [-0.1, -0.05) is 140 Å². The topological polar surface area (TPSA) is 34.9 Å². The van der Waals surface area contributed by atoms with Gasteiger partial charge in [-0.15, -0.1) is 0 Å². The summed E-state index contributed by atoms with van der Waals surface area (Å²) in [6, 6.07) is 64.3. The van der Waals surface area contributed by atoms with E-state index in [1.165, 1.54) is 65.3 Å². The number of hydrogen-bond acceptors (Lipinski definition) is 2. The Kier molecular flexibility index (Phi) is 6.65. The van der Waals surface area contributed by atoms with E-state index in [0.29, 0.717) is 5.69 Å². The number of nitrogens with zero attached hydrogens (tertiary/aromatic N) is 2. The van der Waals surface area contributed by atoms with Gasteiger partial charge in [0.05, 0.1) is 17.1 Å². The summed E-state index contributed by atoms with van der Waals surface area (Å²) in [7, 11) is 0. The molecule has 1 heterocycles. The average Bonchev–Trinajstić information content (AvgIpc) is 3.32. The molecule has 0 saturated carbocycles. The van der Waals surface area contributed by atoms with Crippen LogP contribution in [0.5, 0.6) is 0 Å². The molecule has 0 fully saturated rings. The maximum atomic E-state index is 13.0. The zero-order valence-electron chi connectivity index (χ0n) is 27.6. The number of imidazole rings is 1. The normalized spacial score (nSPS) is 11.6. The summed E-state index contributed by atoms with van der Waals surface area (Å²) in [5, 5.41) is 9.76. The Balaban J connectivity index is 1.21. The van der Waals surface area contributed by atoms with Crippen LogP contribution in [-0.4, -0.2) is 9.55 Å². The van der Waals surface area contributed by atoms with Gasteiger partial charge >= 0.3 is 5.69 Å². The number of fused-ring (bicyclic) bond motifs is 5. The molecule has 2 aliphatic rings. The Hall–Kier alpha value is -6.84. The van der Waals surface area contributed by atoms with Crippen molar-refractivity contribution in [1.29, 1.82) is 0 Å². The summed E-state index contributed by atoms with van der Waals surface area (Å²) >= 11 is 0. The van der Waals surface area contributed by atoms with Crippen LogP contribution in [0.4, 0.5) is 0 Å². The zero-order chi connectivity index (χ0) is 33.9. The van der Waals surface area contributed by atoms with E-state index in [-0.39, 0.29) is 5.69 Å². The van der Waals surface area contributed by atoms with E-state index in [2.05, 4.69) is 145 Å². The fourth-order valence-corrected chi connectivity index (χ4v) is 7.79. The summed E-state index contributed by atoms with van der Waals surface area (Å²) in [6.07, 6.45) is 0. The van der Waals surface area contributed by atoms with Gasteiger partial charge in [-0.05, 0) is 119 Å². The molecular weight excluding hydrogens is 621 g/mol. The molecule has 3 nitrogen and oxygen atoms in total. The third-order valence-corrected chi connectivity index (χ3v) is 10.2. The first-order valence-electron chi connectivity index (χ1n) is 17.3. The lowest BCUT2D eigenvalue weighted by Gasteiger charge is -2.19. The Morgan fingerprint density at radius 3 is 1.55 bits per heavy atom. The second-order valence-corrected chi connectivity index (χ2v) is 13.1. The molecule has 0 radical (unpaired) electrons. The molecule has 0 amide bonds. The summed E-state index contributed by atoms with van der Waals surface area (Å²) < 4.78 is 1.68. The van der Waals surface area contributed by atoms with Crippen molar-refractivity contribution in [3.05, 3.63) is 192 Å². The standard InChI is InChI=1S/C48H30N2O/c51-48-49-44-16-2-1-3-17-45(44)50(48)39-25-22-33(23-26-39)36-24-27-42-43(30-36)47(38-21-19-32-11-5-7-13-35(32)29-38)41-15-9-8-14-40(41)46(42)37-20-18-31-10-4-6-12-34(31)28-37/h1-30H. The van der Waals surface area contributed by atoms with E-state index in [9.17, 15) is 4.79 Å². The Morgan fingerprint density at radius 1 is 0.373 bits per heavy atom. The Labute approximate surface area is 294 Å². The smallest absolute Gasteiger partial charge is 0.259 e. The highest BCUT2D eigenvalue weighted by Gasteiger charge is 2.19. The SMILES string of the molecule is O=c1nc2cccccc-2n1-c1ccc(-c2ccc3c(-c4ccc5ccccc5c4)c4ccccc4c(-c4ccc5ccccc5c4)c3c2)cc1. The maximum Gasteiger partial charge on any atom is 0.353 e. The summed E-state index contributed by atoms with van der Waals surface area (Å²) in [5.74, 6) is 0. The van der Waals surface area contributed by atoms with Crippen molar-refractivity contribution < 1.29 is 0 Å². The largest absolute Gasteiger partial charge is 0.353 e.